The molecule has 0 aromatic carbocycles. The van der Waals surface area contributed by atoms with Crippen LogP contribution in [0, 0.1) is 5.92 Å². The van der Waals surface area contributed by atoms with Crippen molar-refractivity contribution in [3.05, 3.63) is 18.2 Å². The highest BCUT2D eigenvalue weighted by Crippen LogP contribution is 2.43. The van der Waals surface area contributed by atoms with Crippen LogP contribution in [0.1, 0.15) is 11.7 Å². The Labute approximate surface area is 113 Å². The van der Waals surface area contributed by atoms with E-state index in [0.717, 1.165) is 5.95 Å². The highest BCUT2D eigenvalue weighted by atomic mass is 31.2. The summed E-state index contributed by atoms with van der Waals surface area (Å²) in [6.07, 6.45) is 3.19. The van der Waals surface area contributed by atoms with Crippen molar-refractivity contribution in [2.24, 2.45) is 5.92 Å². The van der Waals surface area contributed by atoms with Gasteiger partial charge in [-0.3, -0.25) is 4.57 Å². The summed E-state index contributed by atoms with van der Waals surface area (Å²) in [6, 6.07) is 0. The van der Waals surface area contributed by atoms with Crippen LogP contribution in [-0.4, -0.2) is 52.7 Å². The number of hydrogen-bond acceptors (Lipinski definition) is 6. The van der Waals surface area contributed by atoms with Crippen LogP contribution in [0.25, 0.3) is 0 Å². The third-order valence-corrected chi connectivity index (χ3v) is 4.24. The summed E-state index contributed by atoms with van der Waals surface area (Å²) >= 11 is 0. The monoisotopic (exact) mass is 299 g/mol. The molecule has 0 bridgehead atoms. The molecule has 2 aromatic heterocycles. The highest BCUT2D eigenvalue weighted by molar-refractivity contribution is 7.51. The molecule has 20 heavy (non-hydrogen) atoms. The molecule has 0 amide bonds. The van der Waals surface area contributed by atoms with Gasteiger partial charge in [-0.25, -0.2) is 4.98 Å². The lowest BCUT2D eigenvalue weighted by Gasteiger charge is -2.30. The average molecular weight is 299 g/mol. The van der Waals surface area contributed by atoms with Crippen molar-refractivity contribution in [2.45, 2.75) is 12.5 Å². The Kier molecular flexibility index (Phi) is 3.28. The minimum Gasteiger partial charge on any atom is -0.355 e. The van der Waals surface area contributed by atoms with Crippen molar-refractivity contribution in [3.63, 3.8) is 0 Å². The maximum absolute atomic E-state index is 11.3. The van der Waals surface area contributed by atoms with Crippen LogP contribution in [0.4, 0.5) is 5.95 Å². The summed E-state index contributed by atoms with van der Waals surface area (Å²) in [5.74, 6) is 0.549. The largest absolute Gasteiger partial charge is 0.355 e. The number of anilines is 1. The number of nitrogens with one attached hydrogen (secondary N) is 2. The fourth-order valence-corrected chi connectivity index (χ4v) is 3.43. The summed E-state index contributed by atoms with van der Waals surface area (Å²) in [4.78, 5) is 22.7. The molecule has 108 valence electrons. The van der Waals surface area contributed by atoms with Gasteiger partial charge in [-0.05, 0) is 0 Å². The first kappa shape index (κ1) is 13.2. The first-order valence-corrected chi connectivity index (χ1v) is 7.85. The number of H-pyrrole nitrogens is 1. The topological polar surface area (TPSA) is 142 Å². The van der Waals surface area contributed by atoms with Gasteiger partial charge >= 0.3 is 7.60 Å². The number of aromatic amines is 1. The fourth-order valence-electron chi connectivity index (χ4n) is 2.46. The molecule has 1 aliphatic rings. The third kappa shape index (κ3) is 2.72. The molecule has 0 saturated carbocycles. The quantitative estimate of drug-likeness (QED) is 0.548. The van der Waals surface area contributed by atoms with Crippen LogP contribution in [0.15, 0.2) is 12.4 Å². The Morgan fingerprint density at radius 3 is 3.10 bits per heavy atom. The molecule has 4 N–H and O–H groups in total. The van der Waals surface area contributed by atoms with Crippen molar-refractivity contribution in [2.75, 3.05) is 18.0 Å². The third-order valence-electron chi connectivity index (χ3n) is 3.37. The molecular weight excluding hydrogens is 285 g/mol. The van der Waals surface area contributed by atoms with E-state index in [1.165, 1.54) is 0 Å². The van der Waals surface area contributed by atoms with Crippen LogP contribution in [-0.2, 0) is 11.1 Å². The summed E-state index contributed by atoms with van der Waals surface area (Å²) in [5.41, 5.74) is 0. The zero-order valence-corrected chi connectivity index (χ0v) is 11.3. The zero-order valence-electron chi connectivity index (χ0n) is 10.4. The fraction of sp³-hybridized carbons (Fsp3) is 0.556. The minimum absolute atomic E-state index is 0.0538. The van der Waals surface area contributed by atoms with Gasteiger partial charge in [0, 0.05) is 37.3 Å². The van der Waals surface area contributed by atoms with Crippen molar-refractivity contribution in [1.29, 1.82) is 0 Å². The van der Waals surface area contributed by atoms with Gasteiger partial charge in [0.25, 0.3) is 0 Å². The maximum Gasteiger partial charge on any atom is 0.326 e. The molecule has 2 atom stereocenters. The number of fused-ring (bicyclic) bond motifs is 1. The Morgan fingerprint density at radius 1 is 1.55 bits per heavy atom. The second kappa shape index (κ2) is 4.97. The van der Waals surface area contributed by atoms with E-state index in [4.69, 9.17) is 0 Å². The van der Waals surface area contributed by atoms with Gasteiger partial charge in [-0.1, -0.05) is 5.21 Å². The Hall–Kier alpha value is -1.77. The lowest BCUT2D eigenvalue weighted by atomic mass is 9.92. The van der Waals surface area contributed by atoms with Crippen molar-refractivity contribution < 1.29 is 14.4 Å². The van der Waals surface area contributed by atoms with E-state index in [0.29, 0.717) is 18.9 Å². The SMILES string of the molecule is O=P(O)(O)CC(c1nn[nH]n1)C1CNc2nccn2C1. The molecule has 1 aliphatic heterocycles. The lowest BCUT2D eigenvalue weighted by Crippen LogP contribution is -2.33. The Bertz CT molecular complexity index is 621. The van der Waals surface area contributed by atoms with Gasteiger partial charge in [0.05, 0.1) is 6.16 Å². The van der Waals surface area contributed by atoms with Gasteiger partial charge in [0.15, 0.2) is 5.82 Å². The van der Waals surface area contributed by atoms with Gasteiger partial charge in [-0.15, -0.1) is 10.2 Å². The van der Waals surface area contributed by atoms with E-state index < -0.39 is 13.5 Å². The smallest absolute Gasteiger partial charge is 0.326 e. The summed E-state index contributed by atoms with van der Waals surface area (Å²) in [5, 5.41) is 16.7. The van der Waals surface area contributed by atoms with Gasteiger partial charge in [-0.2, -0.15) is 5.21 Å². The van der Waals surface area contributed by atoms with Crippen LogP contribution in [0.2, 0.25) is 0 Å². The van der Waals surface area contributed by atoms with E-state index in [1.54, 1.807) is 6.20 Å². The second-order valence-corrected chi connectivity index (χ2v) is 6.46. The first-order chi connectivity index (χ1) is 9.53. The van der Waals surface area contributed by atoms with E-state index in [9.17, 15) is 14.4 Å². The van der Waals surface area contributed by atoms with Crippen LogP contribution < -0.4 is 5.32 Å². The number of aromatic nitrogens is 6. The van der Waals surface area contributed by atoms with E-state index >= 15 is 0 Å². The molecule has 2 unspecified atom stereocenters. The first-order valence-electron chi connectivity index (χ1n) is 6.06. The number of rotatable bonds is 4. The van der Waals surface area contributed by atoms with E-state index in [-0.39, 0.29) is 12.1 Å². The molecule has 2 aromatic rings. The number of nitrogens with zero attached hydrogens (tertiary/aromatic N) is 5. The maximum atomic E-state index is 11.3. The van der Waals surface area contributed by atoms with Gasteiger partial charge < -0.3 is 19.7 Å². The minimum atomic E-state index is -4.17. The molecule has 10 nitrogen and oxygen atoms in total. The molecule has 0 spiro atoms. The molecule has 0 fully saturated rings. The van der Waals surface area contributed by atoms with Crippen LogP contribution in [0.5, 0.6) is 0 Å². The lowest BCUT2D eigenvalue weighted by molar-refractivity contribution is 0.334. The standard InChI is InChI=1S/C9H14N7O3P/c17-20(18,19)5-7(8-12-14-15-13-8)6-3-11-9-10-1-2-16(9)4-6/h1-2,6-7H,3-5H2,(H,10,11)(H2,17,18,19)(H,12,13,14,15). The Morgan fingerprint density at radius 2 is 2.40 bits per heavy atom. The summed E-state index contributed by atoms with van der Waals surface area (Å²) in [7, 11) is -4.17. The number of tetrazole rings is 1. The molecule has 0 radical (unpaired) electrons. The predicted molar refractivity (Wildman–Crippen MR) is 68.0 cm³/mol. The van der Waals surface area contributed by atoms with Crippen molar-refractivity contribution in [3.8, 4) is 0 Å². The molecule has 3 rings (SSSR count). The molecular formula is C9H14N7O3P. The molecule has 3 heterocycles. The average Bonchev–Trinajstić information content (AvgIpc) is 3.05. The van der Waals surface area contributed by atoms with Gasteiger partial charge in [0.1, 0.15) is 0 Å². The number of imidazole rings is 1. The normalized spacial score (nSPS) is 20.2. The van der Waals surface area contributed by atoms with E-state index in [1.807, 2.05) is 10.8 Å². The van der Waals surface area contributed by atoms with Crippen molar-refractivity contribution in [1.82, 2.24) is 30.2 Å². The molecule has 11 heteroatoms. The van der Waals surface area contributed by atoms with Crippen molar-refractivity contribution >= 4 is 13.5 Å². The predicted octanol–water partition coefficient (Wildman–Crippen LogP) is -0.601. The van der Waals surface area contributed by atoms with Crippen LogP contribution in [0.3, 0.4) is 0 Å². The zero-order chi connectivity index (χ0) is 14.2. The summed E-state index contributed by atoms with van der Waals surface area (Å²) < 4.78 is 13.2. The van der Waals surface area contributed by atoms with Crippen LogP contribution >= 0.6 is 7.60 Å². The molecule has 0 aliphatic carbocycles. The van der Waals surface area contributed by atoms with Gasteiger partial charge in [0.2, 0.25) is 5.95 Å². The molecule has 0 saturated heterocycles. The Balaban J connectivity index is 1.85. The number of hydrogen-bond donors (Lipinski definition) is 4. The highest BCUT2D eigenvalue weighted by Gasteiger charge is 2.35. The summed E-state index contributed by atoms with van der Waals surface area (Å²) in [6.45, 7) is 1.15. The second-order valence-electron chi connectivity index (χ2n) is 4.77. The van der Waals surface area contributed by atoms with E-state index in [2.05, 4.69) is 30.9 Å².